The number of aryl methyl sites for hydroxylation is 3. The zero-order valence-corrected chi connectivity index (χ0v) is 21.7. The molecule has 2 atom stereocenters. The normalized spacial score (nSPS) is 12.6. The molecular formula is C31H38N2O2. The van der Waals surface area contributed by atoms with Crippen LogP contribution in [-0.2, 0) is 29.0 Å². The topological polar surface area (TPSA) is 49.4 Å². The van der Waals surface area contributed by atoms with Crippen LogP contribution in [0.4, 0.5) is 0 Å². The Bertz CT molecular complexity index is 1120. The summed E-state index contributed by atoms with van der Waals surface area (Å²) in [5, 5.41) is 3.13. The molecule has 3 aromatic rings. The van der Waals surface area contributed by atoms with Gasteiger partial charge in [-0.3, -0.25) is 9.59 Å². The molecule has 0 aromatic heterocycles. The predicted molar refractivity (Wildman–Crippen MR) is 143 cm³/mol. The Morgan fingerprint density at radius 1 is 0.800 bits per heavy atom. The van der Waals surface area contributed by atoms with Crippen LogP contribution in [0, 0.1) is 20.8 Å². The first kappa shape index (κ1) is 26.2. The lowest BCUT2D eigenvalue weighted by Gasteiger charge is -2.32. The van der Waals surface area contributed by atoms with E-state index in [0.29, 0.717) is 13.0 Å². The second-order valence-electron chi connectivity index (χ2n) is 9.71. The smallest absolute Gasteiger partial charge is 0.243 e. The molecule has 3 rings (SSSR count). The van der Waals surface area contributed by atoms with Gasteiger partial charge in [0.2, 0.25) is 11.8 Å². The highest BCUT2D eigenvalue weighted by molar-refractivity contribution is 5.89. The Morgan fingerprint density at radius 3 is 2.06 bits per heavy atom. The van der Waals surface area contributed by atoms with Crippen molar-refractivity contribution in [2.45, 2.75) is 72.5 Å². The Hall–Kier alpha value is -3.40. The molecule has 4 heteroatoms. The number of carbonyl (C=O) groups excluding carboxylic acids is 2. The minimum atomic E-state index is -0.606. The van der Waals surface area contributed by atoms with E-state index in [9.17, 15) is 9.59 Å². The van der Waals surface area contributed by atoms with Crippen molar-refractivity contribution in [3.63, 3.8) is 0 Å². The van der Waals surface area contributed by atoms with Crippen LogP contribution in [0.15, 0.2) is 72.8 Å². The van der Waals surface area contributed by atoms with Gasteiger partial charge in [0.25, 0.3) is 0 Å². The molecule has 0 saturated heterocycles. The summed E-state index contributed by atoms with van der Waals surface area (Å²) in [6.07, 6.45) is 1.56. The first-order valence-corrected chi connectivity index (χ1v) is 12.5. The second-order valence-corrected chi connectivity index (χ2v) is 9.71. The third kappa shape index (κ3) is 7.81. The molecule has 35 heavy (non-hydrogen) atoms. The van der Waals surface area contributed by atoms with Crippen molar-refractivity contribution in [1.29, 1.82) is 0 Å². The van der Waals surface area contributed by atoms with E-state index in [1.54, 1.807) is 4.90 Å². The van der Waals surface area contributed by atoms with Gasteiger partial charge in [-0.1, -0.05) is 96.4 Å². The third-order valence-electron chi connectivity index (χ3n) is 6.34. The lowest BCUT2D eigenvalue weighted by molar-refractivity contribution is -0.141. The Balaban J connectivity index is 1.99. The van der Waals surface area contributed by atoms with Crippen LogP contribution in [-0.4, -0.2) is 28.8 Å². The van der Waals surface area contributed by atoms with Crippen LogP contribution < -0.4 is 5.32 Å². The molecule has 0 saturated carbocycles. The van der Waals surface area contributed by atoms with Crippen molar-refractivity contribution in [3.8, 4) is 0 Å². The first-order valence-electron chi connectivity index (χ1n) is 12.5. The van der Waals surface area contributed by atoms with Crippen molar-refractivity contribution >= 4 is 11.8 Å². The molecule has 184 valence electrons. The van der Waals surface area contributed by atoms with Gasteiger partial charge in [-0.05, 0) is 50.8 Å². The number of nitrogens with zero attached hydrogens (tertiary/aromatic N) is 1. The monoisotopic (exact) mass is 470 g/mol. The number of rotatable bonds is 10. The summed E-state index contributed by atoms with van der Waals surface area (Å²) in [6.45, 7) is 10.6. The van der Waals surface area contributed by atoms with E-state index in [0.717, 1.165) is 39.8 Å². The van der Waals surface area contributed by atoms with Gasteiger partial charge in [-0.15, -0.1) is 0 Å². The van der Waals surface area contributed by atoms with Gasteiger partial charge in [0.05, 0.1) is 6.42 Å². The van der Waals surface area contributed by atoms with Crippen molar-refractivity contribution in [2.75, 3.05) is 0 Å². The molecule has 4 nitrogen and oxygen atoms in total. The fourth-order valence-electron chi connectivity index (χ4n) is 4.45. The van der Waals surface area contributed by atoms with Crippen LogP contribution in [0.5, 0.6) is 0 Å². The molecule has 0 radical (unpaired) electrons. The van der Waals surface area contributed by atoms with E-state index in [-0.39, 0.29) is 24.3 Å². The van der Waals surface area contributed by atoms with Crippen molar-refractivity contribution in [2.24, 2.45) is 0 Å². The zero-order valence-electron chi connectivity index (χ0n) is 21.7. The van der Waals surface area contributed by atoms with Crippen molar-refractivity contribution in [1.82, 2.24) is 10.2 Å². The van der Waals surface area contributed by atoms with E-state index < -0.39 is 6.04 Å². The standard InChI is InChI=1S/C31H38N2O2/c1-6-25(5)32-31(35)29(19-26-12-8-7-9-13-26)33(21-27-14-10-11-22(2)16-27)30(34)20-28-17-23(3)15-24(4)18-28/h7-18,25,29H,6,19-21H2,1-5H3,(H,32,35)/t25-,29+/m1/s1. The summed E-state index contributed by atoms with van der Waals surface area (Å²) in [5.41, 5.74) is 6.43. The summed E-state index contributed by atoms with van der Waals surface area (Å²) >= 11 is 0. The third-order valence-corrected chi connectivity index (χ3v) is 6.34. The van der Waals surface area contributed by atoms with Gasteiger partial charge in [0.1, 0.15) is 6.04 Å². The quantitative estimate of drug-likeness (QED) is 0.413. The van der Waals surface area contributed by atoms with Gasteiger partial charge >= 0.3 is 0 Å². The summed E-state index contributed by atoms with van der Waals surface area (Å²) < 4.78 is 0. The van der Waals surface area contributed by atoms with Gasteiger partial charge in [-0.25, -0.2) is 0 Å². The Kier molecular flexibility index (Phi) is 9.25. The maximum absolute atomic E-state index is 13.9. The predicted octanol–water partition coefficient (Wildman–Crippen LogP) is 5.71. The molecule has 0 heterocycles. The lowest BCUT2D eigenvalue weighted by Crippen LogP contribution is -2.52. The molecular weight excluding hydrogens is 432 g/mol. The second kappa shape index (κ2) is 12.3. The first-order chi connectivity index (χ1) is 16.7. The molecule has 0 fully saturated rings. The van der Waals surface area contributed by atoms with Crippen LogP contribution in [0.25, 0.3) is 0 Å². The number of amides is 2. The van der Waals surface area contributed by atoms with Crippen LogP contribution >= 0.6 is 0 Å². The summed E-state index contributed by atoms with van der Waals surface area (Å²) in [6, 6.07) is 23.8. The summed E-state index contributed by atoms with van der Waals surface area (Å²) in [5.74, 6) is -0.152. The minimum absolute atomic E-state index is 0.0381. The average Bonchev–Trinajstić information content (AvgIpc) is 2.81. The molecule has 0 aliphatic carbocycles. The maximum Gasteiger partial charge on any atom is 0.243 e. The highest BCUT2D eigenvalue weighted by Crippen LogP contribution is 2.18. The molecule has 1 N–H and O–H groups in total. The molecule has 3 aromatic carbocycles. The SMILES string of the molecule is CC[C@@H](C)NC(=O)[C@H](Cc1ccccc1)N(Cc1cccc(C)c1)C(=O)Cc1cc(C)cc(C)c1. The van der Waals surface area contributed by atoms with Crippen molar-refractivity contribution < 1.29 is 9.59 Å². The van der Waals surface area contributed by atoms with Gasteiger partial charge in [0, 0.05) is 19.0 Å². The average molecular weight is 471 g/mol. The van der Waals surface area contributed by atoms with E-state index >= 15 is 0 Å². The number of nitrogens with one attached hydrogen (secondary N) is 1. The van der Waals surface area contributed by atoms with E-state index in [1.165, 1.54) is 0 Å². The van der Waals surface area contributed by atoms with Crippen LogP contribution in [0.1, 0.15) is 53.6 Å². The molecule has 2 amide bonds. The minimum Gasteiger partial charge on any atom is -0.352 e. The summed E-state index contributed by atoms with van der Waals surface area (Å²) in [7, 11) is 0. The van der Waals surface area contributed by atoms with Gasteiger partial charge in [0.15, 0.2) is 0 Å². The molecule has 0 bridgehead atoms. The van der Waals surface area contributed by atoms with E-state index in [4.69, 9.17) is 0 Å². The van der Waals surface area contributed by atoms with Crippen LogP contribution in [0.2, 0.25) is 0 Å². The fourth-order valence-corrected chi connectivity index (χ4v) is 4.45. The zero-order chi connectivity index (χ0) is 25.4. The fraction of sp³-hybridized carbons (Fsp3) is 0.355. The Labute approximate surface area is 210 Å². The molecule has 0 aliphatic heterocycles. The van der Waals surface area contributed by atoms with Crippen LogP contribution in [0.3, 0.4) is 0 Å². The van der Waals surface area contributed by atoms with E-state index in [2.05, 4.69) is 29.6 Å². The maximum atomic E-state index is 13.9. The highest BCUT2D eigenvalue weighted by atomic mass is 16.2. The molecule has 0 aliphatic rings. The van der Waals surface area contributed by atoms with E-state index in [1.807, 2.05) is 83.1 Å². The molecule has 0 unspecified atom stereocenters. The summed E-state index contributed by atoms with van der Waals surface area (Å²) in [4.78, 5) is 29.2. The van der Waals surface area contributed by atoms with Crippen molar-refractivity contribution in [3.05, 3.63) is 106 Å². The largest absolute Gasteiger partial charge is 0.352 e. The Morgan fingerprint density at radius 2 is 1.43 bits per heavy atom. The molecule has 0 spiro atoms. The number of benzene rings is 3. The number of hydrogen-bond acceptors (Lipinski definition) is 2. The highest BCUT2D eigenvalue weighted by Gasteiger charge is 2.31. The van der Waals surface area contributed by atoms with Gasteiger partial charge in [-0.2, -0.15) is 0 Å². The number of carbonyl (C=O) groups is 2. The van der Waals surface area contributed by atoms with Gasteiger partial charge < -0.3 is 10.2 Å². The number of hydrogen-bond donors (Lipinski definition) is 1. The lowest BCUT2D eigenvalue weighted by atomic mass is 10.00.